The highest BCUT2D eigenvalue weighted by atomic mass is 32.2. The summed E-state index contributed by atoms with van der Waals surface area (Å²) in [6, 6.07) is 3.73. The standard InChI is InChI=1S/C17H26N2O3S/c1-18(2)23(20,21)16-10-9-15(22-3)13-7-6-8-14(17(13)16)19-11-4-5-12-19/h9-10,14H,4-8,11-12H2,1-3H3. The molecule has 0 saturated carbocycles. The molecule has 1 unspecified atom stereocenters. The summed E-state index contributed by atoms with van der Waals surface area (Å²) in [6.07, 6.45) is 5.39. The van der Waals surface area contributed by atoms with E-state index in [0.717, 1.165) is 49.2 Å². The van der Waals surface area contributed by atoms with E-state index in [9.17, 15) is 8.42 Å². The summed E-state index contributed by atoms with van der Waals surface area (Å²) in [7, 11) is 1.40. The second kappa shape index (κ2) is 6.42. The minimum Gasteiger partial charge on any atom is -0.496 e. The van der Waals surface area contributed by atoms with Gasteiger partial charge in [0.15, 0.2) is 0 Å². The fourth-order valence-corrected chi connectivity index (χ4v) is 5.06. The molecular formula is C17H26N2O3S. The molecule has 2 aliphatic rings. The van der Waals surface area contributed by atoms with E-state index in [0.29, 0.717) is 4.90 Å². The van der Waals surface area contributed by atoms with Crippen molar-refractivity contribution in [1.82, 2.24) is 9.21 Å². The third-order valence-electron chi connectivity index (χ3n) is 5.07. The molecule has 3 rings (SSSR count). The summed E-state index contributed by atoms with van der Waals surface area (Å²) in [5, 5.41) is 0. The van der Waals surface area contributed by atoms with Gasteiger partial charge in [0.05, 0.1) is 12.0 Å². The highest BCUT2D eigenvalue weighted by molar-refractivity contribution is 7.89. The van der Waals surface area contributed by atoms with Gasteiger partial charge in [-0.05, 0) is 62.9 Å². The third-order valence-corrected chi connectivity index (χ3v) is 6.94. The molecule has 1 atom stereocenters. The van der Waals surface area contributed by atoms with Crippen LogP contribution < -0.4 is 4.74 Å². The molecule has 1 saturated heterocycles. The molecule has 1 heterocycles. The van der Waals surface area contributed by atoms with E-state index in [2.05, 4.69) is 4.90 Å². The zero-order chi connectivity index (χ0) is 16.6. The highest BCUT2D eigenvalue weighted by Gasteiger charge is 2.35. The smallest absolute Gasteiger partial charge is 0.242 e. The van der Waals surface area contributed by atoms with Crippen LogP contribution in [-0.4, -0.2) is 51.9 Å². The summed E-state index contributed by atoms with van der Waals surface area (Å²) in [5.41, 5.74) is 2.06. The quantitative estimate of drug-likeness (QED) is 0.846. The van der Waals surface area contributed by atoms with E-state index in [1.54, 1.807) is 27.3 Å². The van der Waals surface area contributed by atoms with Gasteiger partial charge < -0.3 is 4.74 Å². The Morgan fingerprint density at radius 2 is 1.87 bits per heavy atom. The Morgan fingerprint density at radius 3 is 2.48 bits per heavy atom. The molecule has 0 aromatic heterocycles. The lowest BCUT2D eigenvalue weighted by molar-refractivity contribution is 0.216. The largest absolute Gasteiger partial charge is 0.496 e. The van der Waals surface area contributed by atoms with Gasteiger partial charge in [0.1, 0.15) is 5.75 Å². The van der Waals surface area contributed by atoms with Gasteiger partial charge in [-0.1, -0.05) is 0 Å². The molecule has 1 aliphatic carbocycles. The number of likely N-dealkylation sites (tertiary alicyclic amines) is 1. The van der Waals surface area contributed by atoms with Crippen LogP contribution in [0.4, 0.5) is 0 Å². The maximum atomic E-state index is 12.8. The number of hydrogen-bond donors (Lipinski definition) is 0. The molecule has 0 radical (unpaired) electrons. The maximum Gasteiger partial charge on any atom is 0.242 e. The molecule has 0 bridgehead atoms. The van der Waals surface area contributed by atoms with Crippen molar-refractivity contribution in [1.29, 1.82) is 0 Å². The molecule has 1 aromatic rings. The topological polar surface area (TPSA) is 49.9 Å². The first-order chi connectivity index (χ1) is 11.0. The number of fused-ring (bicyclic) bond motifs is 1. The van der Waals surface area contributed by atoms with E-state index in [4.69, 9.17) is 4.74 Å². The van der Waals surface area contributed by atoms with Gasteiger partial charge >= 0.3 is 0 Å². The average Bonchev–Trinajstić information content (AvgIpc) is 3.07. The molecule has 6 heteroatoms. The Labute approximate surface area is 139 Å². The average molecular weight is 338 g/mol. The van der Waals surface area contributed by atoms with Crippen LogP contribution in [0.25, 0.3) is 0 Å². The fourth-order valence-electron chi connectivity index (χ4n) is 3.89. The number of nitrogens with zero attached hydrogens (tertiary/aromatic N) is 2. The first kappa shape index (κ1) is 16.7. The lowest BCUT2D eigenvalue weighted by Crippen LogP contribution is -2.32. The molecule has 23 heavy (non-hydrogen) atoms. The Hall–Kier alpha value is -1.11. The minimum absolute atomic E-state index is 0.195. The molecule has 1 aliphatic heterocycles. The monoisotopic (exact) mass is 338 g/mol. The lowest BCUT2D eigenvalue weighted by Gasteiger charge is -2.35. The summed E-state index contributed by atoms with van der Waals surface area (Å²) in [4.78, 5) is 2.90. The zero-order valence-electron chi connectivity index (χ0n) is 14.2. The summed E-state index contributed by atoms with van der Waals surface area (Å²) >= 11 is 0. The van der Waals surface area contributed by atoms with Crippen molar-refractivity contribution in [2.45, 2.75) is 43.0 Å². The van der Waals surface area contributed by atoms with Crippen molar-refractivity contribution in [3.8, 4) is 5.75 Å². The van der Waals surface area contributed by atoms with Crippen LogP contribution in [0.15, 0.2) is 17.0 Å². The predicted octanol–water partition coefficient (Wildman–Crippen LogP) is 2.42. The van der Waals surface area contributed by atoms with Crippen LogP contribution in [-0.2, 0) is 16.4 Å². The van der Waals surface area contributed by atoms with Gasteiger partial charge in [0.25, 0.3) is 0 Å². The van der Waals surface area contributed by atoms with E-state index >= 15 is 0 Å². The highest BCUT2D eigenvalue weighted by Crippen LogP contribution is 2.43. The van der Waals surface area contributed by atoms with Gasteiger partial charge in [-0.15, -0.1) is 0 Å². The Balaban J connectivity index is 2.19. The molecule has 5 nitrogen and oxygen atoms in total. The number of sulfonamides is 1. The Kier molecular flexibility index (Phi) is 4.67. The summed E-state index contributed by atoms with van der Waals surface area (Å²) < 4.78 is 32.5. The SMILES string of the molecule is COc1ccc(S(=O)(=O)N(C)C)c2c1CCCC2N1CCCC1. The fraction of sp³-hybridized carbons (Fsp3) is 0.647. The summed E-state index contributed by atoms with van der Waals surface area (Å²) in [6.45, 7) is 2.12. The van der Waals surface area contributed by atoms with Crippen molar-refractivity contribution in [3.05, 3.63) is 23.3 Å². The molecule has 128 valence electrons. The molecule has 0 N–H and O–H groups in total. The number of methoxy groups -OCH3 is 1. The second-order valence-corrected chi connectivity index (χ2v) is 8.72. The maximum absolute atomic E-state index is 12.8. The molecule has 0 spiro atoms. The minimum atomic E-state index is -3.45. The van der Waals surface area contributed by atoms with Gasteiger partial charge in [0, 0.05) is 25.7 Å². The van der Waals surface area contributed by atoms with Crippen LogP contribution in [0.2, 0.25) is 0 Å². The summed E-state index contributed by atoms with van der Waals surface area (Å²) in [5.74, 6) is 0.821. The van der Waals surface area contributed by atoms with Crippen LogP contribution in [0, 0.1) is 0 Å². The third kappa shape index (κ3) is 2.88. The Bertz CT molecular complexity index is 679. The lowest BCUT2D eigenvalue weighted by atomic mass is 9.86. The van der Waals surface area contributed by atoms with E-state index < -0.39 is 10.0 Å². The van der Waals surface area contributed by atoms with Crippen molar-refractivity contribution >= 4 is 10.0 Å². The molecule has 0 amide bonds. The molecule has 1 fully saturated rings. The number of ether oxygens (including phenoxy) is 1. The van der Waals surface area contributed by atoms with E-state index in [1.807, 2.05) is 6.07 Å². The van der Waals surface area contributed by atoms with E-state index in [1.165, 1.54) is 17.1 Å². The van der Waals surface area contributed by atoms with Crippen molar-refractivity contribution in [2.24, 2.45) is 0 Å². The van der Waals surface area contributed by atoms with Crippen molar-refractivity contribution in [3.63, 3.8) is 0 Å². The van der Waals surface area contributed by atoms with Crippen molar-refractivity contribution in [2.75, 3.05) is 34.3 Å². The van der Waals surface area contributed by atoms with Crippen LogP contribution >= 0.6 is 0 Å². The van der Waals surface area contributed by atoms with Crippen LogP contribution in [0.3, 0.4) is 0 Å². The second-order valence-electron chi connectivity index (χ2n) is 6.60. The Morgan fingerprint density at radius 1 is 1.17 bits per heavy atom. The normalized spacial score (nSPS) is 22.3. The van der Waals surface area contributed by atoms with Crippen LogP contribution in [0.5, 0.6) is 5.75 Å². The van der Waals surface area contributed by atoms with Gasteiger partial charge in [0.2, 0.25) is 10.0 Å². The number of rotatable bonds is 4. The number of benzene rings is 1. The van der Waals surface area contributed by atoms with Gasteiger partial charge in [-0.3, -0.25) is 4.90 Å². The van der Waals surface area contributed by atoms with E-state index in [-0.39, 0.29) is 6.04 Å². The molecular weight excluding hydrogens is 312 g/mol. The van der Waals surface area contributed by atoms with Crippen LogP contribution in [0.1, 0.15) is 42.9 Å². The zero-order valence-corrected chi connectivity index (χ0v) is 15.0. The first-order valence-electron chi connectivity index (χ1n) is 8.33. The predicted molar refractivity (Wildman–Crippen MR) is 90.4 cm³/mol. The van der Waals surface area contributed by atoms with Gasteiger partial charge in [-0.25, -0.2) is 12.7 Å². The van der Waals surface area contributed by atoms with Crippen molar-refractivity contribution < 1.29 is 13.2 Å². The first-order valence-corrected chi connectivity index (χ1v) is 9.77. The molecule has 1 aromatic carbocycles. The number of hydrogen-bond acceptors (Lipinski definition) is 4. The van der Waals surface area contributed by atoms with Gasteiger partial charge in [-0.2, -0.15) is 0 Å².